The molecular formula is C8H9FIN. The lowest BCUT2D eigenvalue weighted by Gasteiger charge is -2.04. The molecule has 0 aliphatic rings. The van der Waals surface area contributed by atoms with E-state index in [1.807, 2.05) is 24.3 Å². The van der Waals surface area contributed by atoms with Crippen molar-refractivity contribution in [3.63, 3.8) is 0 Å². The minimum absolute atomic E-state index is 0.328. The molecule has 1 nitrogen and oxygen atoms in total. The smallest absolute Gasteiger partial charge is 0.107 e. The van der Waals surface area contributed by atoms with Crippen LogP contribution in [0.15, 0.2) is 24.3 Å². The molecule has 0 aromatic heterocycles. The first-order valence-corrected chi connectivity index (χ1v) is 4.47. The van der Waals surface area contributed by atoms with Crippen LogP contribution in [-0.2, 0) is 0 Å². The van der Waals surface area contributed by atoms with E-state index in [2.05, 4.69) is 27.9 Å². The van der Waals surface area contributed by atoms with Crippen molar-refractivity contribution in [1.29, 1.82) is 0 Å². The Hall–Kier alpha value is -0.320. The molecule has 0 saturated carbocycles. The molecule has 0 radical (unpaired) electrons. The van der Waals surface area contributed by atoms with E-state index in [1.165, 1.54) is 0 Å². The summed E-state index contributed by atoms with van der Waals surface area (Å²) in [5.74, 6) is 0. The largest absolute Gasteiger partial charge is 0.382 e. The van der Waals surface area contributed by atoms with E-state index in [9.17, 15) is 4.39 Å². The first kappa shape index (κ1) is 8.77. The van der Waals surface area contributed by atoms with Gasteiger partial charge in [0.2, 0.25) is 0 Å². The highest BCUT2D eigenvalue weighted by atomic mass is 127. The predicted molar refractivity (Wildman–Crippen MR) is 53.6 cm³/mol. The van der Waals surface area contributed by atoms with Gasteiger partial charge in [0.05, 0.1) is 0 Å². The highest BCUT2D eigenvalue weighted by Gasteiger charge is 1.94. The minimum atomic E-state index is -0.328. The molecule has 1 aromatic rings. The molecule has 1 rings (SSSR count). The molecule has 60 valence electrons. The molecule has 0 atom stereocenters. The van der Waals surface area contributed by atoms with Crippen molar-refractivity contribution in [2.75, 3.05) is 18.5 Å². The molecule has 0 spiro atoms. The zero-order valence-electron chi connectivity index (χ0n) is 5.98. The van der Waals surface area contributed by atoms with Crippen LogP contribution in [0.1, 0.15) is 0 Å². The Morgan fingerprint density at radius 3 is 2.73 bits per heavy atom. The third-order valence-electron chi connectivity index (χ3n) is 1.28. The number of halogens is 2. The van der Waals surface area contributed by atoms with Crippen molar-refractivity contribution < 1.29 is 4.39 Å². The molecule has 0 amide bonds. The number of nitrogens with one attached hydrogen (secondary N) is 1. The van der Waals surface area contributed by atoms with Gasteiger partial charge in [0, 0.05) is 15.8 Å². The van der Waals surface area contributed by atoms with Crippen molar-refractivity contribution in [1.82, 2.24) is 0 Å². The quantitative estimate of drug-likeness (QED) is 0.828. The Morgan fingerprint density at radius 1 is 1.36 bits per heavy atom. The van der Waals surface area contributed by atoms with Gasteiger partial charge in [-0.25, -0.2) is 4.39 Å². The van der Waals surface area contributed by atoms with Gasteiger partial charge in [-0.1, -0.05) is 12.1 Å². The molecule has 0 unspecified atom stereocenters. The predicted octanol–water partition coefficient (Wildman–Crippen LogP) is 2.67. The van der Waals surface area contributed by atoms with E-state index in [0.717, 1.165) is 9.26 Å². The highest BCUT2D eigenvalue weighted by molar-refractivity contribution is 14.1. The van der Waals surface area contributed by atoms with Gasteiger partial charge in [-0.2, -0.15) is 0 Å². The van der Waals surface area contributed by atoms with Crippen molar-refractivity contribution in [3.05, 3.63) is 27.8 Å². The van der Waals surface area contributed by atoms with Crippen LogP contribution in [0.25, 0.3) is 0 Å². The molecule has 0 aliphatic heterocycles. The van der Waals surface area contributed by atoms with Gasteiger partial charge in [-0.3, -0.25) is 0 Å². The molecule has 3 heteroatoms. The monoisotopic (exact) mass is 265 g/mol. The van der Waals surface area contributed by atoms with Crippen molar-refractivity contribution in [2.45, 2.75) is 0 Å². The summed E-state index contributed by atoms with van der Waals surface area (Å²) in [6, 6.07) is 7.82. The van der Waals surface area contributed by atoms with Crippen LogP contribution in [0.2, 0.25) is 0 Å². The van der Waals surface area contributed by atoms with Gasteiger partial charge in [-0.05, 0) is 34.7 Å². The molecule has 1 N–H and O–H groups in total. The second kappa shape index (κ2) is 4.54. The Morgan fingerprint density at radius 2 is 2.09 bits per heavy atom. The standard InChI is InChI=1S/C8H9FIN/c9-5-6-11-8-4-2-1-3-7(8)10/h1-4,11H,5-6H2. The second-order valence-electron chi connectivity index (χ2n) is 2.10. The van der Waals surface area contributed by atoms with Gasteiger partial charge in [0.1, 0.15) is 6.67 Å². The summed E-state index contributed by atoms with van der Waals surface area (Å²) in [4.78, 5) is 0. The average molecular weight is 265 g/mol. The van der Waals surface area contributed by atoms with Crippen LogP contribution in [-0.4, -0.2) is 13.2 Å². The van der Waals surface area contributed by atoms with Crippen molar-refractivity contribution in [3.8, 4) is 0 Å². The summed E-state index contributed by atoms with van der Waals surface area (Å²) >= 11 is 2.22. The number of hydrogen-bond donors (Lipinski definition) is 1. The summed E-state index contributed by atoms with van der Waals surface area (Å²) in [5, 5.41) is 2.98. The van der Waals surface area contributed by atoms with Gasteiger partial charge in [0.25, 0.3) is 0 Å². The van der Waals surface area contributed by atoms with Crippen LogP contribution in [0, 0.1) is 3.57 Å². The number of benzene rings is 1. The fourth-order valence-electron chi connectivity index (χ4n) is 0.786. The van der Waals surface area contributed by atoms with Crippen LogP contribution in [0.5, 0.6) is 0 Å². The molecule has 0 saturated heterocycles. The number of rotatable bonds is 3. The zero-order chi connectivity index (χ0) is 8.10. The fraction of sp³-hybridized carbons (Fsp3) is 0.250. The fourth-order valence-corrected chi connectivity index (χ4v) is 1.36. The van der Waals surface area contributed by atoms with Crippen LogP contribution in [0.4, 0.5) is 10.1 Å². The lowest BCUT2D eigenvalue weighted by Crippen LogP contribution is -2.03. The second-order valence-corrected chi connectivity index (χ2v) is 3.26. The van der Waals surface area contributed by atoms with Gasteiger partial charge >= 0.3 is 0 Å². The van der Waals surface area contributed by atoms with Crippen molar-refractivity contribution in [2.24, 2.45) is 0 Å². The average Bonchev–Trinajstić information content (AvgIpc) is 2.03. The lowest BCUT2D eigenvalue weighted by atomic mass is 10.3. The van der Waals surface area contributed by atoms with E-state index in [1.54, 1.807) is 0 Å². The highest BCUT2D eigenvalue weighted by Crippen LogP contribution is 2.16. The number of alkyl halides is 1. The maximum absolute atomic E-state index is 11.7. The van der Waals surface area contributed by atoms with Gasteiger partial charge in [-0.15, -0.1) is 0 Å². The maximum Gasteiger partial charge on any atom is 0.107 e. The van der Waals surface area contributed by atoms with E-state index in [0.29, 0.717) is 6.54 Å². The van der Waals surface area contributed by atoms with Crippen molar-refractivity contribution >= 4 is 28.3 Å². The van der Waals surface area contributed by atoms with E-state index < -0.39 is 0 Å². The van der Waals surface area contributed by atoms with E-state index >= 15 is 0 Å². The van der Waals surface area contributed by atoms with Gasteiger partial charge in [0.15, 0.2) is 0 Å². The summed E-state index contributed by atoms with van der Waals surface area (Å²) in [5.41, 5.74) is 1.01. The maximum atomic E-state index is 11.7. The SMILES string of the molecule is FCCNc1ccccc1I. The topological polar surface area (TPSA) is 12.0 Å². The first-order chi connectivity index (χ1) is 5.34. The van der Waals surface area contributed by atoms with E-state index in [4.69, 9.17) is 0 Å². The zero-order valence-corrected chi connectivity index (χ0v) is 8.14. The molecule has 0 aliphatic carbocycles. The Bertz CT molecular complexity index is 227. The van der Waals surface area contributed by atoms with Crippen LogP contribution in [0.3, 0.4) is 0 Å². The van der Waals surface area contributed by atoms with E-state index in [-0.39, 0.29) is 6.67 Å². The molecule has 1 aromatic carbocycles. The third kappa shape index (κ3) is 2.65. The molecule has 0 bridgehead atoms. The number of anilines is 1. The summed E-state index contributed by atoms with van der Waals surface area (Å²) in [6.07, 6.45) is 0. The molecular weight excluding hydrogens is 256 g/mol. The lowest BCUT2D eigenvalue weighted by molar-refractivity contribution is 0.512. The number of hydrogen-bond acceptors (Lipinski definition) is 1. The third-order valence-corrected chi connectivity index (χ3v) is 2.22. The Kier molecular flexibility index (Phi) is 3.62. The summed E-state index contributed by atoms with van der Waals surface area (Å²) in [6.45, 7) is 0.0605. The Balaban J connectivity index is 2.62. The number of para-hydroxylation sites is 1. The summed E-state index contributed by atoms with van der Waals surface area (Å²) in [7, 11) is 0. The van der Waals surface area contributed by atoms with Crippen LogP contribution < -0.4 is 5.32 Å². The molecule has 0 heterocycles. The Labute approximate surface area is 79.1 Å². The summed E-state index contributed by atoms with van der Waals surface area (Å²) < 4.78 is 12.9. The molecule has 11 heavy (non-hydrogen) atoms. The normalized spacial score (nSPS) is 9.64. The first-order valence-electron chi connectivity index (χ1n) is 3.39. The van der Waals surface area contributed by atoms with Crippen LogP contribution >= 0.6 is 22.6 Å². The molecule has 0 fully saturated rings. The minimum Gasteiger partial charge on any atom is -0.382 e. The van der Waals surface area contributed by atoms with Gasteiger partial charge < -0.3 is 5.32 Å².